The van der Waals surface area contributed by atoms with E-state index in [1.807, 2.05) is 24.3 Å². The maximum Gasteiger partial charge on any atom is 0.419 e. The van der Waals surface area contributed by atoms with Gasteiger partial charge < -0.3 is 13.6 Å². The van der Waals surface area contributed by atoms with Crippen LogP contribution in [-0.4, -0.2) is 22.9 Å². The van der Waals surface area contributed by atoms with Gasteiger partial charge in [-0.25, -0.2) is 4.79 Å². The zero-order valence-electron chi connectivity index (χ0n) is 15.8. The molecule has 0 atom stereocenters. The topological polar surface area (TPSA) is 91.7 Å². The molecule has 2 heterocycles. The van der Waals surface area contributed by atoms with E-state index in [0.29, 0.717) is 29.6 Å². The highest BCUT2D eigenvalue weighted by Gasteiger charge is 2.19. The smallest absolute Gasteiger partial charge is 0.419 e. The minimum absolute atomic E-state index is 0.0817. The highest BCUT2D eigenvalue weighted by molar-refractivity contribution is 6.01. The third kappa shape index (κ3) is 3.71. The molecular weight excluding hydrogens is 374 g/mol. The first-order chi connectivity index (χ1) is 14.0. The number of fused-ring (bicyclic) bond motifs is 2. The van der Waals surface area contributed by atoms with Gasteiger partial charge in [0.1, 0.15) is 5.58 Å². The molecule has 148 valence electrons. The second-order valence-corrected chi connectivity index (χ2v) is 6.73. The number of hydrogen-bond acceptors (Lipinski definition) is 6. The number of rotatable bonds is 7. The molecule has 0 aliphatic carbocycles. The van der Waals surface area contributed by atoms with E-state index < -0.39 is 11.7 Å². The lowest BCUT2D eigenvalue weighted by molar-refractivity contribution is -0.142. The Kier molecular flexibility index (Phi) is 5.03. The van der Waals surface area contributed by atoms with Crippen LogP contribution in [0.25, 0.3) is 22.1 Å². The Morgan fingerprint density at radius 2 is 1.72 bits per heavy atom. The van der Waals surface area contributed by atoms with Gasteiger partial charge in [0.25, 0.3) is 0 Å². The van der Waals surface area contributed by atoms with Crippen molar-refractivity contribution in [3.63, 3.8) is 0 Å². The summed E-state index contributed by atoms with van der Waals surface area (Å²) in [5.74, 6) is -1.15. The molecule has 0 saturated carbocycles. The molecule has 0 aliphatic rings. The molecule has 0 unspecified atom stereocenters. The van der Waals surface area contributed by atoms with E-state index in [4.69, 9.17) is 13.6 Å². The SMILES string of the molecule is Cc1c(C(=O)COC(=O)CCCn2c(=O)oc3ccccc32)oc2ccccc12. The predicted octanol–water partition coefficient (Wildman–Crippen LogP) is 3.86. The average molecular weight is 393 g/mol. The number of aryl methyl sites for hydroxylation is 2. The van der Waals surface area contributed by atoms with Crippen molar-refractivity contribution in [3.05, 3.63) is 70.4 Å². The fourth-order valence-corrected chi connectivity index (χ4v) is 3.33. The molecule has 0 aliphatic heterocycles. The highest BCUT2D eigenvalue weighted by Crippen LogP contribution is 2.25. The summed E-state index contributed by atoms with van der Waals surface area (Å²) < 4.78 is 17.3. The number of carbonyl (C=O) groups excluding carboxylic acids is 2. The number of Topliss-reactive ketones (excluding diaryl/α,β-unsaturated/α-hetero) is 1. The molecule has 7 nitrogen and oxygen atoms in total. The van der Waals surface area contributed by atoms with Crippen molar-refractivity contribution in [2.45, 2.75) is 26.3 Å². The quantitative estimate of drug-likeness (QED) is 0.350. The first-order valence-electron chi connectivity index (χ1n) is 9.30. The van der Waals surface area contributed by atoms with E-state index >= 15 is 0 Å². The summed E-state index contributed by atoms with van der Waals surface area (Å²) in [5.41, 5.74) is 2.54. The predicted molar refractivity (Wildman–Crippen MR) is 106 cm³/mol. The number of para-hydroxylation sites is 3. The minimum Gasteiger partial charge on any atom is -0.457 e. The van der Waals surface area contributed by atoms with Gasteiger partial charge in [-0.2, -0.15) is 0 Å². The van der Waals surface area contributed by atoms with Gasteiger partial charge in [0.2, 0.25) is 5.78 Å². The normalized spacial score (nSPS) is 11.2. The number of ketones is 1. The Bertz CT molecular complexity index is 1260. The number of ether oxygens (including phenoxy) is 1. The summed E-state index contributed by atoms with van der Waals surface area (Å²) >= 11 is 0. The molecule has 0 saturated heterocycles. The molecule has 2 aromatic carbocycles. The Labute approximate surface area is 165 Å². The van der Waals surface area contributed by atoms with Crippen LogP contribution >= 0.6 is 0 Å². The van der Waals surface area contributed by atoms with Crippen molar-refractivity contribution in [1.82, 2.24) is 4.57 Å². The Hall–Kier alpha value is -3.61. The van der Waals surface area contributed by atoms with Gasteiger partial charge in [-0.1, -0.05) is 30.3 Å². The van der Waals surface area contributed by atoms with Crippen LogP contribution in [0.3, 0.4) is 0 Å². The van der Waals surface area contributed by atoms with Crippen molar-refractivity contribution >= 4 is 33.8 Å². The number of oxazole rings is 1. The summed E-state index contributed by atoms with van der Waals surface area (Å²) in [6.45, 7) is 1.74. The lowest BCUT2D eigenvalue weighted by Gasteiger charge is -2.04. The monoisotopic (exact) mass is 393 g/mol. The lowest BCUT2D eigenvalue weighted by Crippen LogP contribution is -2.17. The van der Waals surface area contributed by atoms with Gasteiger partial charge in [-0.05, 0) is 31.5 Å². The molecule has 0 fully saturated rings. The average Bonchev–Trinajstić information content (AvgIpc) is 3.23. The van der Waals surface area contributed by atoms with Crippen LogP contribution in [0.15, 0.2) is 62.2 Å². The second-order valence-electron chi connectivity index (χ2n) is 6.73. The minimum atomic E-state index is -0.507. The zero-order chi connectivity index (χ0) is 20.4. The third-order valence-corrected chi connectivity index (χ3v) is 4.80. The molecule has 0 N–H and O–H groups in total. The first-order valence-corrected chi connectivity index (χ1v) is 9.30. The van der Waals surface area contributed by atoms with Crippen molar-refractivity contribution < 1.29 is 23.2 Å². The van der Waals surface area contributed by atoms with Crippen LogP contribution in [0.2, 0.25) is 0 Å². The Morgan fingerprint density at radius 3 is 2.52 bits per heavy atom. The van der Waals surface area contributed by atoms with E-state index in [1.165, 1.54) is 4.57 Å². The van der Waals surface area contributed by atoms with Crippen LogP contribution < -0.4 is 5.76 Å². The van der Waals surface area contributed by atoms with Crippen LogP contribution in [0.4, 0.5) is 0 Å². The second kappa shape index (κ2) is 7.79. The molecule has 0 bridgehead atoms. The summed E-state index contributed by atoms with van der Waals surface area (Å²) in [5, 5.41) is 0.861. The van der Waals surface area contributed by atoms with Crippen molar-refractivity contribution in [1.29, 1.82) is 0 Å². The largest absolute Gasteiger partial charge is 0.457 e. The van der Waals surface area contributed by atoms with Gasteiger partial charge in [0, 0.05) is 23.9 Å². The third-order valence-electron chi connectivity index (χ3n) is 4.80. The van der Waals surface area contributed by atoms with Crippen LogP contribution in [0.5, 0.6) is 0 Å². The standard InChI is InChI=1S/C22H19NO6/c1-14-15-7-2-4-9-18(15)28-21(14)17(24)13-27-20(25)11-6-12-23-16-8-3-5-10-19(16)29-22(23)26/h2-5,7-10H,6,11-13H2,1H3. The van der Waals surface area contributed by atoms with Gasteiger partial charge in [-0.15, -0.1) is 0 Å². The highest BCUT2D eigenvalue weighted by atomic mass is 16.5. The zero-order valence-corrected chi connectivity index (χ0v) is 15.8. The van der Waals surface area contributed by atoms with Crippen molar-refractivity contribution in [2.24, 2.45) is 0 Å². The van der Waals surface area contributed by atoms with Crippen LogP contribution in [0.1, 0.15) is 29.0 Å². The number of hydrogen-bond donors (Lipinski definition) is 0. The van der Waals surface area contributed by atoms with E-state index in [0.717, 1.165) is 10.9 Å². The molecule has 0 radical (unpaired) electrons. The van der Waals surface area contributed by atoms with Gasteiger partial charge in [0.15, 0.2) is 18.0 Å². The van der Waals surface area contributed by atoms with E-state index in [-0.39, 0.29) is 24.6 Å². The number of esters is 1. The van der Waals surface area contributed by atoms with Gasteiger partial charge in [0.05, 0.1) is 5.52 Å². The molecular formula is C22H19NO6. The number of nitrogens with zero attached hydrogens (tertiary/aromatic N) is 1. The lowest BCUT2D eigenvalue weighted by atomic mass is 10.1. The molecule has 2 aromatic heterocycles. The maximum atomic E-state index is 12.4. The molecule has 4 rings (SSSR count). The number of furan rings is 1. The van der Waals surface area contributed by atoms with Gasteiger partial charge >= 0.3 is 11.7 Å². The van der Waals surface area contributed by atoms with Crippen molar-refractivity contribution in [2.75, 3.05) is 6.61 Å². The molecule has 29 heavy (non-hydrogen) atoms. The Morgan fingerprint density at radius 1 is 1.00 bits per heavy atom. The van der Waals surface area contributed by atoms with E-state index in [2.05, 4.69) is 0 Å². The first kappa shape index (κ1) is 18.7. The Balaban J connectivity index is 1.32. The number of aromatic nitrogens is 1. The number of benzene rings is 2. The fourth-order valence-electron chi connectivity index (χ4n) is 3.33. The maximum absolute atomic E-state index is 12.4. The summed E-state index contributed by atoms with van der Waals surface area (Å²) in [7, 11) is 0. The van der Waals surface area contributed by atoms with Crippen molar-refractivity contribution in [3.8, 4) is 0 Å². The molecule has 0 spiro atoms. The molecule has 7 heteroatoms. The summed E-state index contributed by atoms with van der Waals surface area (Å²) in [6, 6.07) is 14.5. The van der Waals surface area contributed by atoms with Gasteiger partial charge in [-0.3, -0.25) is 14.2 Å². The fraction of sp³-hybridized carbons (Fsp3) is 0.227. The van der Waals surface area contributed by atoms with Crippen LogP contribution in [0, 0.1) is 6.92 Å². The summed E-state index contributed by atoms with van der Waals surface area (Å²) in [6.07, 6.45) is 0.471. The van der Waals surface area contributed by atoms with E-state index in [1.54, 1.807) is 31.2 Å². The molecule has 0 amide bonds. The molecule has 4 aromatic rings. The number of carbonyl (C=O) groups is 2. The van der Waals surface area contributed by atoms with E-state index in [9.17, 15) is 14.4 Å². The van der Waals surface area contributed by atoms with Crippen LogP contribution in [-0.2, 0) is 16.1 Å². The summed E-state index contributed by atoms with van der Waals surface area (Å²) in [4.78, 5) is 36.3.